The van der Waals surface area contributed by atoms with Gasteiger partial charge in [0.2, 0.25) is 0 Å². The largest absolute Gasteiger partial charge is 0.468 e. The normalized spacial score (nSPS) is 12.9. The second-order valence-electron chi connectivity index (χ2n) is 11.8. The third-order valence-corrected chi connectivity index (χ3v) is 10.5. The van der Waals surface area contributed by atoms with E-state index in [1.54, 1.807) is 10.8 Å². The van der Waals surface area contributed by atoms with Crippen molar-refractivity contribution in [1.82, 2.24) is 29.1 Å². The molecular weight excluding hydrogens is 581 g/mol. The number of aryl methyl sites for hydroxylation is 1. The lowest BCUT2D eigenvalue weighted by Gasteiger charge is -2.15. The molecule has 10 nitrogen and oxygen atoms in total. The second kappa shape index (κ2) is 11.5. The Morgan fingerprint density at radius 1 is 1.00 bits per heavy atom. The molecule has 0 spiro atoms. The van der Waals surface area contributed by atoms with Crippen LogP contribution < -0.4 is 5.56 Å². The number of methoxy groups -OCH3 is 1. The summed E-state index contributed by atoms with van der Waals surface area (Å²) in [5, 5.41) is 11.4. The van der Waals surface area contributed by atoms with Crippen LogP contribution in [0, 0.1) is 0 Å². The van der Waals surface area contributed by atoms with Crippen molar-refractivity contribution in [2.75, 3.05) is 13.7 Å². The topological polar surface area (TPSA) is 106 Å². The zero-order valence-electron chi connectivity index (χ0n) is 24.9. The first-order valence-corrected chi connectivity index (χ1v) is 18.7. The van der Waals surface area contributed by atoms with Crippen molar-refractivity contribution in [2.24, 2.45) is 7.05 Å². The van der Waals surface area contributed by atoms with Gasteiger partial charge in [0.1, 0.15) is 23.2 Å². The van der Waals surface area contributed by atoms with Gasteiger partial charge in [0.25, 0.3) is 5.56 Å². The molecule has 0 aliphatic carbocycles. The monoisotopic (exact) mass is 614 g/mol. The number of hydrogen-bond acceptors (Lipinski definition) is 8. The average Bonchev–Trinajstić information content (AvgIpc) is 3.67. The number of carbonyl (C=O) groups is 1. The van der Waals surface area contributed by atoms with Crippen LogP contribution >= 0.6 is 11.3 Å². The highest BCUT2D eigenvalue weighted by atomic mass is 32.1. The molecule has 0 N–H and O–H groups in total. The number of hydrogen-bond donors (Lipinski definition) is 0. The molecule has 0 aliphatic rings. The summed E-state index contributed by atoms with van der Waals surface area (Å²) in [5.41, 5.74) is 3.64. The maximum Gasteiger partial charge on any atom is 0.320 e. The summed E-state index contributed by atoms with van der Waals surface area (Å²) in [7, 11) is 2.03. The van der Waals surface area contributed by atoms with Crippen LogP contribution in [0.4, 0.5) is 0 Å². The molecule has 12 heteroatoms. The Labute approximate surface area is 253 Å². The van der Waals surface area contributed by atoms with Crippen LogP contribution in [0.5, 0.6) is 0 Å². The van der Waals surface area contributed by atoms with E-state index in [1.807, 2.05) is 66.5 Å². The van der Waals surface area contributed by atoms with E-state index in [0.29, 0.717) is 34.8 Å². The van der Waals surface area contributed by atoms with Crippen LogP contribution in [0.3, 0.4) is 0 Å². The number of nitrogens with zero attached hydrogens (tertiary/aromatic N) is 6. The molecule has 0 saturated heterocycles. The lowest BCUT2D eigenvalue weighted by atomic mass is 10.0. The number of thiazole rings is 1. The van der Waals surface area contributed by atoms with Gasteiger partial charge in [0, 0.05) is 32.5 Å². The highest BCUT2D eigenvalue weighted by molar-refractivity contribution is 7.19. The van der Waals surface area contributed by atoms with E-state index in [9.17, 15) is 9.59 Å². The van der Waals surface area contributed by atoms with Crippen molar-refractivity contribution in [1.29, 1.82) is 0 Å². The van der Waals surface area contributed by atoms with Crippen LogP contribution in [-0.2, 0) is 34.6 Å². The Morgan fingerprint density at radius 2 is 1.74 bits per heavy atom. The summed E-state index contributed by atoms with van der Waals surface area (Å²) < 4.78 is 17.0. The molecule has 2 aromatic carbocycles. The van der Waals surface area contributed by atoms with E-state index >= 15 is 0 Å². The zero-order valence-corrected chi connectivity index (χ0v) is 26.7. The predicted octanol–water partition coefficient (Wildman–Crippen LogP) is 5.36. The minimum atomic E-state index is -1.17. The van der Waals surface area contributed by atoms with Crippen molar-refractivity contribution >= 4 is 57.5 Å². The molecule has 1 atom stereocenters. The number of benzene rings is 2. The van der Waals surface area contributed by atoms with Gasteiger partial charge in [-0.2, -0.15) is 10.2 Å². The zero-order chi connectivity index (χ0) is 30.3. The van der Waals surface area contributed by atoms with Gasteiger partial charge in [-0.05, 0) is 23.2 Å². The Bertz CT molecular complexity index is 2000. The van der Waals surface area contributed by atoms with Crippen molar-refractivity contribution < 1.29 is 14.3 Å². The molecule has 4 heterocycles. The van der Waals surface area contributed by atoms with E-state index in [-0.39, 0.29) is 11.5 Å². The number of aromatic nitrogens is 6. The Kier molecular flexibility index (Phi) is 7.75. The molecule has 222 valence electrons. The van der Waals surface area contributed by atoms with Gasteiger partial charge < -0.3 is 14.0 Å². The van der Waals surface area contributed by atoms with Gasteiger partial charge in [0.15, 0.2) is 5.65 Å². The third-order valence-electron chi connectivity index (χ3n) is 7.67. The highest BCUT2D eigenvalue weighted by Crippen LogP contribution is 2.36. The van der Waals surface area contributed by atoms with Gasteiger partial charge >= 0.3 is 5.97 Å². The third kappa shape index (κ3) is 5.53. The van der Waals surface area contributed by atoms with Crippen LogP contribution in [0.2, 0.25) is 25.7 Å². The van der Waals surface area contributed by atoms with Gasteiger partial charge in [-0.3, -0.25) is 9.59 Å². The van der Waals surface area contributed by atoms with Gasteiger partial charge in [0.05, 0.1) is 36.3 Å². The Hall–Kier alpha value is -4.13. The fraction of sp³-hybridized carbons (Fsp3) is 0.323. The number of carbonyl (C=O) groups excluding carboxylic acids is 1. The standard InChI is InChI=1S/C31H34N6O4SSi/c1-35-26-23(27-28(35)34-29(42-27)25(31(39)40-2)20-10-7-6-8-11-20)17-32-36(30(26)38)18-21-12-9-13-24-22(21)16-33-37(24)19-41-14-15-43(3,4)5/h6-13,16-17,25H,14-15,18-19H2,1-5H3. The lowest BCUT2D eigenvalue weighted by molar-refractivity contribution is -0.141. The fourth-order valence-corrected chi connectivity index (χ4v) is 7.26. The van der Waals surface area contributed by atoms with Crippen LogP contribution in [-0.4, -0.2) is 56.9 Å². The molecule has 4 aromatic heterocycles. The maximum atomic E-state index is 13.8. The number of fused-ring (bicyclic) bond motifs is 4. The molecule has 6 aromatic rings. The van der Waals surface area contributed by atoms with Gasteiger partial charge in [-0.1, -0.05) is 62.1 Å². The molecule has 0 radical (unpaired) electrons. The van der Waals surface area contributed by atoms with E-state index < -0.39 is 14.0 Å². The van der Waals surface area contributed by atoms with E-state index in [0.717, 1.165) is 39.4 Å². The molecule has 0 bridgehead atoms. The minimum absolute atomic E-state index is 0.210. The average molecular weight is 615 g/mol. The van der Waals surface area contributed by atoms with Crippen molar-refractivity contribution in [3.63, 3.8) is 0 Å². The van der Waals surface area contributed by atoms with E-state index in [1.165, 1.54) is 23.1 Å². The number of ether oxygens (including phenoxy) is 2. The van der Waals surface area contributed by atoms with Crippen molar-refractivity contribution in [2.45, 2.75) is 44.9 Å². The summed E-state index contributed by atoms with van der Waals surface area (Å²) in [6.07, 6.45) is 3.54. The smallest absolute Gasteiger partial charge is 0.320 e. The Balaban J connectivity index is 1.31. The van der Waals surface area contributed by atoms with E-state index in [2.05, 4.69) is 29.8 Å². The SMILES string of the molecule is COC(=O)C(c1ccccc1)c1nc2c(s1)c1cnn(Cc3cccc4c3cnn4COCC[Si](C)(C)C)c(=O)c1n2C. The molecule has 0 amide bonds. The lowest BCUT2D eigenvalue weighted by Crippen LogP contribution is -2.24. The first kappa shape index (κ1) is 29.0. The number of esters is 1. The molecule has 1 unspecified atom stereocenters. The quantitative estimate of drug-likeness (QED) is 0.116. The summed E-state index contributed by atoms with van der Waals surface area (Å²) in [5.74, 6) is -1.04. The second-order valence-corrected chi connectivity index (χ2v) is 18.5. The summed E-state index contributed by atoms with van der Waals surface area (Å²) in [6, 6.07) is 16.5. The maximum absolute atomic E-state index is 13.8. The van der Waals surface area contributed by atoms with Crippen LogP contribution in [0.15, 0.2) is 65.7 Å². The molecule has 6 rings (SSSR count). The molecule has 43 heavy (non-hydrogen) atoms. The van der Waals surface area contributed by atoms with Crippen molar-refractivity contribution in [3.05, 3.63) is 87.4 Å². The summed E-state index contributed by atoms with van der Waals surface area (Å²) in [4.78, 5) is 31.4. The van der Waals surface area contributed by atoms with E-state index in [4.69, 9.17) is 14.5 Å². The molecular formula is C31H34N6O4SSi. The Morgan fingerprint density at radius 3 is 2.49 bits per heavy atom. The minimum Gasteiger partial charge on any atom is -0.468 e. The van der Waals surface area contributed by atoms with Gasteiger partial charge in [-0.25, -0.2) is 14.3 Å². The first-order valence-electron chi connectivity index (χ1n) is 14.1. The predicted molar refractivity (Wildman–Crippen MR) is 171 cm³/mol. The van der Waals surface area contributed by atoms with Gasteiger partial charge in [-0.15, -0.1) is 11.3 Å². The molecule has 0 saturated carbocycles. The van der Waals surface area contributed by atoms with Crippen molar-refractivity contribution in [3.8, 4) is 0 Å². The number of rotatable bonds is 10. The first-order chi connectivity index (χ1) is 20.7. The molecule has 0 aliphatic heterocycles. The highest BCUT2D eigenvalue weighted by Gasteiger charge is 2.29. The molecule has 0 fully saturated rings. The van der Waals surface area contributed by atoms with Crippen LogP contribution in [0.1, 0.15) is 22.1 Å². The van der Waals surface area contributed by atoms with Crippen LogP contribution in [0.25, 0.3) is 32.2 Å². The summed E-state index contributed by atoms with van der Waals surface area (Å²) in [6.45, 7) is 8.40. The fourth-order valence-electron chi connectivity index (χ4n) is 5.28. The summed E-state index contributed by atoms with van der Waals surface area (Å²) >= 11 is 1.38.